The molecule has 4 heteroatoms. The highest BCUT2D eigenvalue weighted by molar-refractivity contribution is 7.16. The minimum Gasteiger partial charge on any atom is -0.287 e. The molecule has 3 nitrogen and oxygen atoms in total. The fourth-order valence-corrected chi connectivity index (χ4v) is 2.24. The summed E-state index contributed by atoms with van der Waals surface area (Å²) in [4.78, 5) is 20.3. The van der Waals surface area contributed by atoms with Crippen LogP contribution in [0.15, 0.2) is 40.8 Å². The molecular formula is C11H6N2OS. The number of hydrogen-bond acceptors (Lipinski definition) is 4. The van der Waals surface area contributed by atoms with Gasteiger partial charge in [-0.2, -0.15) is 0 Å². The van der Waals surface area contributed by atoms with Gasteiger partial charge in [-0.15, -0.1) is 11.3 Å². The van der Waals surface area contributed by atoms with Crippen LogP contribution in [0, 0.1) is 0 Å². The molecule has 0 bridgehead atoms. The third kappa shape index (κ3) is 1.22. The predicted molar refractivity (Wildman–Crippen MR) is 61.2 cm³/mol. The second-order valence-electron chi connectivity index (χ2n) is 3.16. The van der Waals surface area contributed by atoms with Crippen LogP contribution in [0.3, 0.4) is 0 Å². The van der Waals surface area contributed by atoms with Gasteiger partial charge >= 0.3 is 0 Å². The molecular weight excluding hydrogens is 208 g/mol. The summed E-state index contributed by atoms with van der Waals surface area (Å²) >= 11 is 1.47. The quantitative estimate of drug-likeness (QED) is 0.576. The third-order valence-corrected chi connectivity index (χ3v) is 3.08. The highest BCUT2D eigenvalue weighted by atomic mass is 32.1. The zero-order valence-corrected chi connectivity index (χ0v) is 8.49. The van der Waals surface area contributed by atoms with Crippen LogP contribution in [0.25, 0.3) is 21.1 Å². The third-order valence-electron chi connectivity index (χ3n) is 2.29. The van der Waals surface area contributed by atoms with Crippen LogP contribution in [-0.2, 0) is 0 Å². The van der Waals surface area contributed by atoms with Gasteiger partial charge < -0.3 is 0 Å². The average Bonchev–Trinajstić information content (AvgIpc) is 2.69. The summed E-state index contributed by atoms with van der Waals surface area (Å²) in [5.74, 6) is 0. The molecule has 1 aromatic carbocycles. The number of pyridine rings is 1. The summed E-state index contributed by atoms with van der Waals surface area (Å²) in [6, 6.07) is 7.30. The van der Waals surface area contributed by atoms with Crippen LogP contribution < -0.4 is 5.43 Å². The van der Waals surface area contributed by atoms with Gasteiger partial charge in [-0.1, -0.05) is 0 Å². The Balaban J connectivity index is 2.71. The lowest BCUT2D eigenvalue weighted by Gasteiger charge is -1.86. The van der Waals surface area contributed by atoms with Gasteiger partial charge in [0.05, 0.1) is 15.7 Å². The van der Waals surface area contributed by atoms with E-state index >= 15 is 0 Å². The van der Waals surface area contributed by atoms with E-state index in [1.54, 1.807) is 23.8 Å². The Morgan fingerprint density at radius 2 is 2.07 bits per heavy atom. The second kappa shape index (κ2) is 3.10. The molecule has 2 aromatic heterocycles. The van der Waals surface area contributed by atoms with E-state index in [9.17, 15) is 4.79 Å². The van der Waals surface area contributed by atoms with Crippen molar-refractivity contribution in [1.82, 2.24) is 9.97 Å². The molecule has 0 spiro atoms. The standard InChI is InChI=1S/C11H6N2OS/c14-11-7-2-1-5-12-8(7)3-4-9-10(11)13-6-15-9/h1-6H. The number of aromatic nitrogens is 2. The fourth-order valence-electron chi connectivity index (χ4n) is 1.57. The van der Waals surface area contributed by atoms with Crippen molar-refractivity contribution in [2.24, 2.45) is 0 Å². The van der Waals surface area contributed by atoms with Crippen LogP contribution in [-0.4, -0.2) is 9.97 Å². The van der Waals surface area contributed by atoms with Crippen molar-refractivity contribution >= 4 is 32.5 Å². The molecule has 0 fully saturated rings. The topological polar surface area (TPSA) is 42.9 Å². The lowest BCUT2D eigenvalue weighted by molar-refractivity contribution is 1.41. The molecule has 3 aromatic rings. The SMILES string of the molecule is O=c1c2cccnc2ccc2scnc12. The van der Waals surface area contributed by atoms with Crippen molar-refractivity contribution in [3.63, 3.8) is 0 Å². The Bertz CT molecular complexity index is 705. The summed E-state index contributed by atoms with van der Waals surface area (Å²) in [5.41, 5.74) is 2.89. The molecule has 0 saturated heterocycles. The van der Waals surface area contributed by atoms with Crippen LogP contribution in [0.4, 0.5) is 0 Å². The minimum atomic E-state index is -0.0423. The average molecular weight is 214 g/mol. The van der Waals surface area contributed by atoms with Crippen LogP contribution >= 0.6 is 11.3 Å². The van der Waals surface area contributed by atoms with Gasteiger partial charge in [0.25, 0.3) is 0 Å². The molecule has 0 aliphatic rings. The highest BCUT2D eigenvalue weighted by Gasteiger charge is 2.03. The highest BCUT2D eigenvalue weighted by Crippen LogP contribution is 2.15. The number of rotatable bonds is 0. The molecule has 0 unspecified atom stereocenters. The maximum Gasteiger partial charge on any atom is 0.215 e. The van der Waals surface area contributed by atoms with E-state index in [-0.39, 0.29) is 5.43 Å². The number of nitrogens with zero attached hydrogens (tertiary/aromatic N) is 2. The summed E-state index contributed by atoms with van der Waals surface area (Å²) in [7, 11) is 0. The lowest BCUT2D eigenvalue weighted by atomic mass is 10.3. The molecule has 0 aliphatic heterocycles. The van der Waals surface area contributed by atoms with E-state index in [1.807, 2.05) is 12.1 Å². The molecule has 3 rings (SSSR count). The first-order valence-electron chi connectivity index (χ1n) is 4.47. The van der Waals surface area contributed by atoms with Crippen molar-refractivity contribution in [3.8, 4) is 0 Å². The largest absolute Gasteiger partial charge is 0.287 e. The van der Waals surface area contributed by atoms with Gasteiger partial charge in [0, 0.05) is 11.6 Å². The van der Waals surface area contributed by atoms with Gasteiger partial charge in [-0.3, -0.25) is 9.78 Å². The van der Waals surface area contributed by atoms with E-state index in [2.05, 4.69) is 9.97 Å². The van der Waals surface area contributed by atoms with Crippen LogP contribution in [0.1, 0.15) is 0 Å². The van der Waals surface area contributed by atoms with E-state index in [4.69, 9.17) is 0 Å². The van der Waals surface area contributed by atoms with Crippen molar-refractivity contribution in [1.29, 1.82) is 0 Å². The summed E-state index contributed by atoms with van der Waals surface area (Å²) in [5, 5.41) is 0.624. The first-order valence-corrected chi connectivity index (χ1v) is 5.35. The summed E-state index contributed by atoms with van der Waals surface area (Å²) in [6.07, 6.45) is 1.68. The van der Waals surface area contributed by atoms with Crippen LogP contribution in [0.2, 0.25) is 0 Å². The van der Waals surface area contributed by atoms with Gasteiger partial charge in [-0.25, -0.2) is 4.98 Å². The maximum absolute atomic E-state index is 12.1. The van der Waals surface area contributed by atoms with Crippen molar-refractivity contribution < 1.29 is 0 Å². The molecule has 0 amide bonds. The van der Waals surface area contributed by atoms with Crippen LogP contribution in [0.5, 0.6) is 0 Å². The molecule has 15 heavy (non-hydrogen) atoms. The van der Waals surface area contributed by atoms with Gasteiger partial charge in [0.15, 0.2) is 0 Å². The molecule has 0 atom stereocenters. The monoisotopic (exact) mass is 214 g/mol. The Hall–Kier alpha value is -1.81. The Labute approximate surface area is 89.0 Å². The zero-order chi connectivity index (χ0) is 10.3. The molecule has 0 radical (unpaired) electrons. The first-order chi connectivity index (χ1) is 7.36. The molecule has 0 N–H and O–H groups in total. The van der Waals surface area contributed by atoms with Crippen molar-refractivity contribution in [3.05, 3.63) is 46.2 Å². The Morgan fingerprint density at radius 3 is 3.00 bits per heavy atom. The summed E-state index contributed by atoms with van der Waals surface area (Å²) in [6.45, 7) is 0. The van der Waals surface area contributed by atoms with Gasteiger partial charge in [0.1, 0.15) is 5.52 Å². The number of hydrogen-bond donors (Lipinski definition) is 0. The molecule has 2 heterocycles. The van der Waals surface area contributed by atoms with Gasteiger partial charge in [0.2, 0.25) is 5.43 Å². The number of thiazole rings is 1. The van der Waals surface area contributed by atoms with E-state index in [1.165, 1.54) is 11.3 Å². The predicted octanol–water partition coefficient (Wildman–Crippen LogP) is 2.20. The smallest absolute Gasteiger partial charge is 0.215 e. The van der Waals surface area contributed by atoms with E-state index in [0.717, 1.165) is 4.70 Å². The number of fused-ring (bicyclic) bond motifs is 2. The fraction of sp³-hybridized carbons (Fsp3) is 0. The van der Waals surface area contributed by atoms with E-state index in [0.29, 0.717) is 16.4 Å². The first kappa shape index (κ1) is 8.49. The van der Waals surface area contributed by atoms with E-state index < -0.39 is 0 Å². The zero-order valence-electron chi connectivity index (χ0n) is 7.68. The summed E-state index contributed by atoms with van der Waals surface area (Å²) < 4.78 is 0.901. The van der Waals surface area contributed by atoms with Gasteiger partial charge in [-0.05, 0) is 24.3 Å². The van der Waals surface area contributed by atoms with Crippen molar-refractivity contribution in [2.45, 2.75) is 0 Å². The molecule has 0 aliphatic carbocycles. The lowest BCUT2D eigenvalue weighted by Crippen LogP contribution is -1.98. The molecule has 0 saturated carbocycles. The molecule has 72 valence electrons. The maximum atomic E-state index is 12.1. The van der Waals surface area contributed by atoms with Crippen molar-refractivity contribution in [2.75, 3.05) is 0 Å². The normalized spacial score (nSPS) is 10.9. The minimum absolute atomic E-state index is 0.0423. The second-order valence-corrected chi connectivity index (χ2v) is 4.05. The Kier molecular flexibility index (Phi) is 1.76. The Morgan fingerprint density at radius 1 is 1.13 bits per heavy atom.